The van der Waals surface area contributed by atoms with E-state index in [-0.39, 0.29) is 6.10 Å². The molecule has 0 heterocycles. The van der Waals surface area contributed by atoms with Gasteiger partial charge in [0, 0.05) is 0 Å². The van der Waals surface area contributed by atoms with Crippen molar-refractivity contribution in [1.29, 1.82) is 0 Å². The maximum atomic E-state index is 10.8. The van der Waals surface area contributed by atoms with Crippen LogP contribution in [-0.2, 0) is 5.11 Å². The SMILES string of the molecule is CCCCCC([O])CC. The smallest absolute Gasteiger partial charge is 0.0927 e. The van der Waals surface area contributed by atoms with Gasteiger partial charge in [-0.05, 0) is 12.8 Å². The van der Waals surface area contributed by atoms with E-state index < -0.39 is 0 Å². The Morgan fingerprint density at radius 3 is 2.33 bits per heavy atom. The molecule has 0 aromatic rings. The van der Waals surface area contributed by atoms with Gasteiger partial charge in [0.15, 0.2) is 0 Å². The van der Waals surface area contributed by atoms with Crippen molar-refractivity contribution in [2.45, 2.75) is 52.1 Å². The highest BCUT2D eigenvalue weighted by Gasteiger charge is 1.99. The van der Waals surface area contributed by atoms with Gasteiger partial charge in [-0.3, -0.25) is 0 Å². The molecular formula is C8H17O. The minimum absolute atomic E-state index is 0.295. The summed E-state index contributed by atoms with van der Waals surface area (Å²) < 4.78 is 0. The van der Waals surface area contributed by atoms with E-state index in [4.69, 9.17) is 0 Å². The summed E-state index contributed by atoms with van der Waals surface area (Å²) in [5.74, 6) is 0. The molecule has 0 aliphatic heterocycles. The van der Waals surface area contributed by atoms with Crippen molar-refractivity contribution in [3.8, 4) is 0 Å². The minimum atomic E-state index is -0.295. The van der Waals surface area contributed by atoms with Gasteiger partial charge in [0.1, 0.15) is 0 Å². The van der Waals surface area contributed by atoms with E-state index >= 15 is 0 Å². The second-order valence-electron chi connectivity index (χ2n) is 2.53. The van der Waals surface area contributed by atoms with Crippen LogP contribution in [0.2, 0.25) is 0 Å². The fourth-order valence-electron chi connectivity index (χ4n) is 0.826. The summed E-state index contributed by atoms with van der Waals surface area (Å²) in [6, 6.07) is 0. The first kappa shape index (κ1) is 8.96. The number of rotatable bonds is 5. The maximum absolute atomic E-state index is 10.8. The second kappa shape index (κ2) is 6.09. The van der Waals surface area contributed by atoms with Crippen LogP contribution in [0.15, 0.2) is 0 Å². The van der Waals surface area contributed by atoms with Crippen molar-refractivity contribution in [2.75, 3.05) is 0 Å². The summed E-state index contributed by atoms with van der Waals surface area (Å²) in [6.07, 6.45) is 4.94. The Morgan fingerprint density at radius 2 is 1.89 bits per heavy atom. The molecule has 1 atom stereocenters. The second-order valence-corrected chi connectivity index (χ2v) is 2.53. The van der Waals surface area contributed by atoms with E-state index in [0.717, 1.165) is 19.3 Å². The van der Waals surface area contributed by atoms with Crippen molar-refractivity contribution >= 4 is 0 Å². The molecule has 9 heavy (non-hydrogen) atoms. The molecule has 1 heteroatoms. The summed E-state index contributed by atoms with van der Waals surface area (Å²) in [4.78, 5) is 0. The number of hydrogen-bond acceptors (Lipinski definition) is 0. The van der Waals surface area contributed by atoms with E-state index in [2.05, 4.69) is 6.92 Å². The topological polar surface area (TPSA) is 19.9 Å². The van der Waals surface area contributed by atoms with E-state index in [0.29, 0.717) is 0 Å². The van der Waals surface area contributed by atoms with Gasteiger partial charge in [0.05, 0.1) is 6.10 Å². The quantitative estimate of drug-likeness (QED) is 0.509. The Hall–Kier alpha value is -0.0400. The first-order valence-corrected chi connectivity index (χ1v) is 3.97. The molecule has 1 nitrogen and oxygen atoms in total. The van der Waals surface area contributed by atoms with Crippen LogP contribution in [0.5, 0.6) is 0 Å². The average Bonchev–Trinajstić information content (AvgIpc) is 1.89. The predicted octanol–water partition coefficient (Wildman–Crippen LogP) is 2.78. The molecule has 0 aromatic heterocycles. The predicted molar refractivity (Wildman–Crippen MR) is 38.9 cm³/mol. The molecule has 0 fully saturated rings. The Kier molecular flexibility index (Phi) is 6.06. The monoisotopic (exact) mass is 129 g/mol. The Balaban J connectivity index is 2.88. The molecule has 0 saturated carbocycles. The zero-order valence-electron chi connectivity index (χ0n) is 6.52. The zero-order valence-corrected chi connectivity index (χ0v) is 6.52. The molecule has 0 rings (SSSR count). The molecule has 55 valence electrons. The normalized spacial score (nSPS) is 13.7. The van der Waals surface area contributed by atoms with Gasteiger partial charge in [-0.1, -0.05) is 33.1 Å². The van der Waals surface area contributed by atoms with Crippen LogP contribution >= 0.6 is 0 Å². The van der Waals surface area contributed by atoms with Crippen molar-refractivity contribution in [2.24, 2.45) is 0 Å². The molecule has 0 amide bonds. The summed E-state index contributed by atoms with van der Waals surface area (Å²) >= 11 is 0. The van der Waals surface area contributed by atoms with Crippen molar-refractivity contribution in [3.05, 3.63) is 0 Å². The molecule has 1 radical (unpaired) electrons. The van der Waals surface area contributed by atoms with Crippen LogP contribution in [0.3, 0.4) is 0 Å². The lowest BCUT2D eigenvalue weighted by atomic mass is 10.1. The lowest BCUT2D eigenvalue weighted by Gasteiger charge is -2.02. The average molecular weight is 129 g/mol. The van der Waals surface area contributed by atoms with Crippen molar-refractivity contribution < 1.29 is 5.11 Å². The first-order valence-electron chi connectivity index (χ1n) is 3.97. The highest BCUT2D eigenvalue weighted by Crippen LogP contribution is 2.05. The van der Waals surface area contributed by atoms with Gasteiger partial charge >= 0.3 is 0 Å². The molecule has 0 saturated heterocycles. The standard InChI is InChI=1S/C8H17O/c1-3-5-6-7-8(9)4-2/h8H,3-7H2,1-2H3. The van der Waals surface area contributed by atoms with Crippen LogP contribution in [0.4, 0.5) is 0 Å². The van der Waals surface area contributed by atoms with Gasteiger partial charge in [-0.15, -0.1) is 0 Å². The Labute approximate surface area is 58.1 Å². The molecule has 0 aliphatic carbocycles. The van der Waals surface area contributed by atoms with Gasteiger partial charge in [-0.2, -0.15) is 0 Å². The van der Waals surface area contributed by atoms with Gasteiger partial charge in [0.25, 0.3) is 0 Å². The third kappa shape index (κ3) is 5.84. The highest BCUT2D eigenvalue weighted by molar-refractivity contribution is 4.50. The van der Waals surface area contributed by atoms with E-state index in [1.165, 1.54) is 12.8 Å². The molecule has 0 N–H and O–H groups in total. The van der Waals surface area contributed by atoms with Crippen molar-refractivity contribution in [3.63, 3.8) is 0 Å². The van der Waals surface area contributed by atoms with E-state index in [9.17, 15) is 5.11 Å². The third-order valence-corrected chi connectivity index (χ3v) is 1.58. The van der Waals surface area contributed by atoms with Gasteiger partial charge in [0.2, 0.25) is 0 Å². The summed E-state index contributed by atoms with van der Waals surface area (Å²) in [5, 5.41) is 10.8. The van der Waals surface area contributed by atoms with Gasteiger partial charge < -0.3 is 0 Å². The fourth-order valence-corrected chi connectivity index (χ4v) is 0.826. The lowest BCUT2D eigenvalue weighted by Crippen LogP contribution is -2.00. The largest absolute Gasteiger partial charge is 0.233 e. The summed E-state index contributed by atoms with van der Waals surface area (Å²) in [5.41, 5.74) is 0. The molecule has 0 spiro atoms. The fraction of sp³-hybridized carbons (Fsp3) is 1.00. The summed E-state index contributed by atoms with van der Waals surface area (Å²) in [6.45, 7) is 4.12. The molecular weight excluding hydrogens is 112 g/mol. The Morgan fingerprint density at radius 1 is 1.22 bits per heavy atom. The van der Waals surface area contributed by atoms with E-state index in [1.807, 2.05) is 6.92 Å². The van der Waals surface area contributed by atoms with Crippen LogP contribution in [0.1, 0.15) is 46.0 Å². The lowest BCUT2D eigenvalue weighted by molar-refractivity contribution is 0.0756. The van der Waals surface area contributed by atoms with E-state index in [1.54, 1.807) is 0 Å². The van der Waals surface area contributed by atoms with Crippen LogP contribution in [0, 0.1) is 0 Å². The summed E-state index contributed by atoms with van der Waals surface area (Å²) in [7, 11) is 0. The first-order chi connectivity index (χ1) is 4.31. The van der Waals surface area contributed by atoms with Crippen LogP contribution < -0.4 is 0 Å². The molecule has 1 unspecified atom stereocenters. The van der Waals surface area contributed by atoms with Crippen molar-refractivity contribution in [1.82, 2.24) is 0 Å². The zero-order chi connectivity index (χ0) is 7.11. The third-order valence-electron chi connectivity index (χ3n) is 1.58. The van der Waals surface area contributed by atoms with Gasteiger partial charge in [-0.25, -0.2) is 5.11 Å². The molecule has 0 bridgehead atoms. The highest BCUT2D eigenvalue weighted by atomic mass is 16.3. The molecule has 0 aliphatic rings. The van der Waals surface area contributed by atoms with Crippen LogP contribution in [-0.4, -0.2) is 6.10 Å². The minimum Gasteiger partial charge on any atom is -0.233 e. The number of unbranched alkanes of at least 4 members (excludes halogenated alkanes) is 2. The number of hydrogen-bond donors (Lipinski definition) is 0. The van der Waals surface area contributed by atoms with Crippen LogP contribution in [0.25, 0.3) is 0 Å². The Bertz CT molecular complexity index is 52.5. The maximum Gasteiger partial charge on any atom is 0.0927 e. The molecule has 0 aromatic carbocycles.